The van der Waals surface area contributed by atoms with Gasteiger partial charge in [0.05, 0.1) is 12.6 Å². The Hall–Kier alpha value is -1.50. The molecule has 19 heavy (non-hydrogen) atoms. The van der Waals surface area contributed by atoms with Crippen molar-refractivity contribution in [3.8, 4) is 0 Å². The van der Waals surface area contributed by atoms with Crippen LogP contribution in [0.25, 0.3) is 0 Å². The summed E-state index contributed by atoms with van der Waals surface area (Å²) in [5, 5.41) is 11.7. The first-order valence-corrected chi connectivity index (χ1v) is 6.19. The van der Waals surface area contributed by atoms with E-state index in [0.717, 1.165) is 0 Å². The molecule has 0 radical (unpaired) electrons. The largest absolute Gasteiger partial charge is 0.465 e. The van der Waals surface area contributed by atoms with Gasteiger partial charge in [0.1, 0.15) is 5.60 Å². The van der Waals surface area contributed by atoms with Crippen molar-refractivity contribution < 1.29 is 24.2 Å². The van der Waals surface area contributed by atoms with Crippen molar-refractivity contribution in [2.45, 2.75) is 32.4 Å². The Morgan fingerprint density at radius 1 is 1.37 bits per heavy atom. The first-order chi connectivity index (χ1) is 8.73. The predicted octanol–water partition coefficient (Wildman–Crippen LogP) is 1.14. The lowest BCUT2D eigenvalue weighted by Crippen LogP contribution is -2.44. The van der Waals surface area contributed by atoms with Gasteiger partial charge in [0.15, 0.2) is 0 Å². The monoisotopic (exact) mass is 274 g/mol. The highest BCUT2D eigenvalue weighted by atomic mass is 16.6. The number of likely N-dealkylation sites (tertiary alicyclic amines) is 1. The number of ether oxygens (including phenoxy) is 2. The second-order valence-electron chi connectivity index (χ2n) is 5.66. The fourth-order valence-electron chi connectivity index (χ4n) is 2.03. The van der Waals surface area contributed by atoms with Crippen LogP contribution in [0.3, 0.4) is 0 Å². The summed E-state index contributed by atoms with van der Waals surface area (Å²) in [5.74, 6) is -0.0615. The van der Waals surface area contributed by atoms with Crippen LogP contribution in [0.5, 0.6) is 0 Å². The van der Waals surface area contributed by atoms with Crippen LogP contribution in [-0.2, 0) is 9.47 Å². The molecule has 2 amide bonds. The number of alkyl carbamates (subject to hydrolysis) is 1. The maximum atomic E-state index is 11.7. The van der Waals surface area contributed by atoms with Crippen molar-refractivity contribution in [1.82, 2.24) is 10.2 Å². The summed E-state index contributed by atoms with van der Waals surface area (Å²) in [6, 6.07) is -0.286. The van der Waals surface area contributed by atoms with Gasteiger partial charge in [0.2, 0.25) is 0 Å². The van der Waals surface area contributed by atoms with E-state index in [0.29, 0.717) is 13.2 Å². The van der Waals surface area contributed by atoms with Gasteiger partial charge < -0.3 is 24.8 Å². The highest BCUT2D eigenvalue weighted by Crippen LogP contribution is 2.18. The number of hydrogen-bond acceptors (Lipinski definition) is 4. The summed E-state index contributed by atoms with van der Waals surface area (Å²) in [4.78, 5) is 23.9. The number of methoxy groups -OCH3 is 1. The minimum Gasteiger partial charge on any atom is -0.465 e. The van der Waals surface area contributed by atoms with E-state index in [1.165, 1.54) is 4.90 Å². The minimum absolute atomic E-state index is 0.0615. The van der Waals surface area contributed by atoms with Crippen LogP contribution in [0, 0.1) is 5.92 Å². The Kier molecular flexibility index (Phi) is 4.99. The number of carboxylic acid groups (broad SMARTS) is 1. The number of nitrogens with one attached hydrogen (secondary N) is 1. The van der Waals surface area contributed by atoms with Crippen LogP contribution < -0.4 is 5.32 Å². The molecule has 0 saturated carbocycles. The van der Waals surface area contributed by atoms with E-state index in [1.807, 2.05) is 0 Å². The molecule has 1 heterocycles. The standard InChI is InChI=1S/C12H22N2O5/c1-12(2,3)19-10(15)13-9-6-14(11(16)17)5-8(9)7-18-4/h8-9H,5-7H2,1-4H3,(H,13,15)(H,16,17)/t8-,9-/m1/s1. The van der Waals surface area contributed by atoms with E-state index in [-0.39, 0.29) is 18.5 Å². The normalized spacial score (nSPS) is 23.3. The molecule has 0 unspecified atom stereocenters. The number of nitrogens with zero attached hydrogens (tertiary/aromatic N) is 1. The van der Waals surface area contributed by atoms with Gasteiger partial charge in [0.25, 0.3) is 0 Å². The predicted molar refractivity (Wildman–Crippen MR) is 68.1 cm³/mol. The minimum atomic E-state index is -0.991. The third-order valence-electron chi connectivity index (χ3n) is 2.79. The van der Waals surface area contributed by atoms with Gasteiger partial charge in [-0.2, -0.15) is 0 Å². The quantitative estimate of drug-likeness (QED) is 0.805. The number of hydrogen-bond donors (Lipinski definition) is 2. The van der Waals surface area contributed by atoms with E-state index < -0.39 is 17.8 Å². The van der Waals surface area contributed by atoms with Gasteiger partial charge in [-0.25, -0.2) is 9.59 Å². The van der Waals surface area contributed by atoms with Gasteiger partial charge in [-0.05, 0) is 20.8 Å². The molecule has 7 nitrogen and oxygen atoms in total. The van der Waals surface area contributed by atoms with Crippen LogP contribution in [0.1, 0.15) is 20.8 Å². The van der Waals surface area contributed by atoms with Gasteiger partial charge in [0, 0.05) is 26.1 Å². The smallest absolute Gasteiger partial charge is 0.407 e. The van der Waals surface area contributed by atoms with E-state index in [9.17, 15) is 9.59 Å². The van der Waals surface area contributed by atoms with E-state index in [1.54, 1.807) is 27.9 Å². The molecule has 2 atom stereocenters. The summed E-state index contributed by atoms with van der Waals surface area (Å²) in [6.45, 7) is 6.32. The summed E-state index contributed by atoms with van der Waals surface area (Å²) >= 11 is 0. The summed E-state index contributed by atoms with van der Waals surface area (Å²) in [5.41, 5.74) is -0.577. The Labute approximate surface area is 112 Å². The van der Waals surface area contributed by atoms with Crippen LogP contribution in [0.2, 0.25) is 0 Å². The Morgan fingerprint density at radius 2 is 2.00 bits per heavy atom. The molecule has 1 aliphatic heterocycles. The summed E-state index contributed by atoms with van der Waals surface area (Å²) in [6.07, 6.45) is -1.53. The molecular formula is C12H22N2O5. The van der Waals surface area contributed by atoms with E-state index >= 15 is 0 Å². The first-order valence-electron chi connectivity index (χ1n) is 6.19. The molecule has 110 valence electrons. The number of amides is 2. The zero-order valence-electron chi connectivity index (χ0n) is 11.8. The van der Waals surface area contributed by atoms with Crippen molar-refractivity contribution in [3.05, 3.63) is 0 Å². The van der Waals surface area contributed by atoms with Gasteiger partial charge >= 0.3 is 12.2 Å². The number of carbonyl (C=O) groups excluding carboxylic acids is 1. The van der Waals surface area contributed by atoms with Crippen molar-refractivity contribution in [2.75, 3.05) is 26.8 Å². The van der Waals surface area contributed by atoms with E-state index in [2.05, 4.69) is 5.32 Å². The third kappa shape index (κ3) is 4.94. The van der Waals surface area contributed by atoms with Crippen molar-refractivity contribution >= 4 is 12.2 Å². The lowest BCUT2D eigenvalue weighted by atomic mass is 10.1. The van der Waals surface area contributed by atoms with Gasteiger partial charge in [-0.1, -0.05) is 0 Å². The molecule has 7 heteroatoms. The Morgan fingerprint density at radius 3 is 2.47 bits per heavy atom. The van der Waals surface area contributed by atoms with Crippen molar-refractivity contribution in [1.29, 1.82) is 0 Å². The van der Waals surface area contributed by atoms with Crippen LogP contribution >= 0.6 is 0 Å². The van der Waals surface area contributed by atoms with E-state index in [4.69, 9.17) is 14.6 Å². The second kappa shape index (κ2) is 6.10. The van der Waals surface area contributed by atoms with Crippen LogP contribution in [0.15, 0.2) is 0 Å². The molecule has 0 bridgehead atoms. The molecule has 1 saturated heterocycles. The molecule has 0 aromatic carbocycles. The Bertz CT molecular complexity index is 340. The summed E-state index contributed by atoms with van der Waals surface area (Å²) < 4.78 is 10.2. The lowest BCUT2D eigenvalue weighted by molar-refractivity contribution is 0.0479. The average molecular weight is 274 g/mol. The van der Waals surface area contributed by atoms with Crippen LogP contribution in [-0.4, -0.2) is 60.6 Å². The van der Waals surface area contributed by atoms with Crippen molar-refractivity contribution in [3.63, 3.8) is 0 Å². The lowest BCUT2D eigenvalue weighted by Gasteiger charge is -2.23. The summed E-state index contributed by atoms with van der Waals surface area (Å²) in [7, 11) is 1.55. The molecular weight excluding hydrogens is 252 g/mol. The molecule has 0 spiro atoms. The number of rotatable bonds is 3. The molecule has 1 fully saturated rings. The zero-order chi connectivity index (χ0) is 14.6. The maximum Gasteiger partial charge on any atom is 0.407 e. The highest BCUT2D eigenvalue weighted by molar-refractivity contribution is 5.69. The second-order valence-corrected chi connectivity index (χ2v) is 5.66. The first kappa shape index (κ1) is 15.6. The molecule has 0 aromatic rings. The molecule has 0 aliphatic carbocycles. The number of carbonyl (C=O) groups is 2. The van der Waals surface area contributed by atoms with Gasteiger partial charge in [-0.15, -0.1) is 0 Å². The molecule has 1 rings (SSSR count). The zero-order valence-corrected chi connectivity index (χ0v) is 11.8. The average Bonchev–Trinajstić information content (AvgIpc) is 2.59. The molecule has 1 aliphatic rings. The molecule has 2 N–H and O–H groups in total. The fraction of sp³-hybridized carbons (Fsp3) is 0.833. The van der Waals surface area contributed by atoms with Crippen molar-refractivity contribution in [2.24, 2.45) is 5.92 Å². The maximum absolute atomic E-state index is 11.7. The van der Waals surface area contributed by atoms with Gasteiger partial charge in [-0.3, -0.25) is 0 Å². The molecule has 0 aromatic heterocycles. The fourth-order valence-corrected chi connectivity index (χ4v) is 2.03. The highest BCUT2D eigenvalue weighted by Gasteiger charge is 2.36. The third-order valence-corrected chi connectivity index (χ3v) is 2.79. The van der Waals surface area contributed by atoms with Crippen LogP contribution in [0.4, 0.5) is 9.59 Å². The Balaban J connectivity index is 2.59. The SMILES string of the molecule is COC[C@H]1CN(C(=O)O)C[C@H]1NC(=O)OC(C)(C)C. The topological polar surface area (TPSA) is 88.1 Å².